The molecule has 1 fully saturated rings. The molecule has 2 heterocycles. The van der Waals surface area contributed by atoms with Crippen molar-refractivity contribution < 1.29 is 14.7 Å². The number of hydrogen-bond donors (Lipinski definition) is 1. The molecule has 1 saturated heterocycles. The third-order valence-electron chi connectivity index (χ3n) is 2.66. The maximum Gasteiger partial charge on any atom is 0.317 e. The van der Waals surface area contributed by atoms with Gasteiger partial charge in [0.15, 0.2) is 0 Å². The molecular formula is C10H13N3O3S. The van der Waals surface area contributed by atoms with Crippen molar-refractivity contribution in [1.29, 1.82) is 0 Å². The Morgan fingerprint density at radius 3 is 2.59 bits per heavy atom. The Morgan fingerprint density at radius 2 is 2.06 bits per heavy atom. The monoisotopic (exact) mass is 255 g/mol. The van der Waals surface area contributed by atoms with Crippen molar-refractivity contribution in [2.75, 3.05) is 32.7 Å². The van der Waals surface area contributed by atoms with Crippen LogP contribution in [0.2, 0.25) is 0 Å². The van der Waals surface area contributed by atoms with E-state index in [0.29, 0.717) is 31.1 Å². The van der Waals surface area contributed by atoms with Crippen molar-refractivity contribution in [1.82, 2.24) is 14.8 Å². The average Bonchev–Trinajstić information content (AvgIpc) is 2.82. The van der Waals surface area contributed by atoms with E-state index in [1.54, 1.807) is 16.6 Å². The molecule has 0 atom stereocenters. The third kappa shape index (κ3) is 3.01. The van der Waals surface area contributed by atoms with E-state index in [1.165, 1.54) is 11.3 Å². The second-order valence-electron chi connectivity index (χ2n) is 3.83. The van der Waals surface area contributed by atoms with Crippen molar-refractivity contribution >= 4 is 23.2 Å². The number of carbonyl (C=O) groups excluding carboxylic acids is 1. The summed E-state index contributed by atoms with van der Waals surface area (Å²) in [5.41, 5.74) is 1.63. The quantitative estimate of drug-likeness (QED) is 0.822. The van der Waals surface area contributed by atoms with Crippen LogP contribution in [0.3, 0.4) is 0 Å². The number of hydrogen-bond acceptors (Lipinski definition) is 5. The minimum absolute atomic E-state index is 0.0116. The molecule has 0 saturated carbocycles. The average molecular weight is 255 g/mol. The van der Waals surface area contributed by atoms with Crippen molar-refractivity contribution in [2.24, 2.45) is 0 Å². The highest BCUT2D eigenvalue weighted by Gasteiger charge is 2.23. The maximum atomic E-state index is 12.0. The number of carboxylic acids is 1. The van der Waals surface area contributed by atoms with Crippen LogP contribution in [0.5, 0.6) is 0 Å². The number of carbonyl (C=O) groups is 2. The van der Waals surface area contributed by atoms with Gasteiger partial charge in [-0.25, -0.2) is 0 Å². The molecular weight excluding hydrogens is 242 g/mol. The van der Waals surface area contributed by atoms with Gasteiger partial charge in [0, 0.05) is 26.2 Å². The van der Waals surface area contributed by atoms with Gasteiger partial charge in [-0.05, 0) is 0 Å². The van der Waals surface area contributed by atoms with E-state index in [1.807, 2.05) is 4.90 Å². The van der Waals surface area contributed by atoms with Crippen LogP contribution in [0.25, 0.3) is 0 Å². The van der Waals surface area contributed by atoms with Crippen LogP contribution in [-0.4, -0.2) is 64.5 Å². The van der Waals surface area contributed by atoms with E-state index in [-0.39, 0.29) is 12.5 Å². The largest absolute Gasteiger partial charge is 0.480 e. The highest BCUT2D eigenvalue weighted by Crippen LogP contribution is 2.11. The molecule has 2 rings (SSSR count). The number of aliphatic carboxylic acids is 1. The number of thiazole rings is 1. The zero-order valence-electron chi connectivity index (χ0n) is 9.20. The predicted octanol–water partition coefficient (Wildman–Crippen LogP) is -0.0145. The van der Waals surface area contributed by atoms with Gasteiger partial charge in [0.1, 0.15) is 4.88 Å². The van der Waals surface area contributed by atoms with Crippen LogP contribution in [-0.2, 0) is 4.79 Å². The summed E-state index contributed by atoms with van der Waals surface area (Å²) in [5, 5.41) is 8.66. The van der Waals surface area contributed by atoms with Gasteiger partial charge < -0.3 is 10.0 Å². The number of carboxylic acid groups (broad SMARTS) is 1. The Bertz CT molecular complexity index is 399. The van der Waals surface area contributed by atoms with Crippen LogP contribution in [0.15, 0.2) is 11.7 Å². The molecule has 1 aliphatic heterocycles. The van der Waals surface area contributed by atoms with E-state index in [4.69, 9.17) is 5.11 Å². The third-order valence-corrected chi connectivity index (χ3v) is 3.42. The summed E-state index contributed by atoms with van der Waals surface area (Å²) in [6, 6.07) is 0. The molecule has 0 aromatic carbocycles. The minimum atomic E-state index is -0.827. The second kappa shape index (κ2) is 5.24. The molecule has 17 heavy (non-hydrogen) atoms. The lowest BCUT2D eigenvalue weighted by molar-refractivity contribution is -0.138. The maximum absolute atomic E-state index is 12.0. The van der Waals surface area contributed by atoms with E-state index >= 15 is 0 Å². The fraction of sp³-hybridized carbons (Fsp3) is 0.500. The Balaban J connectivity index is 1.87. The molecule has 1 aromatic heterocycles. The SMILES string of the molecule is O=C(O)CN1CCN(C(=O)c2cncs2)CC1. The van der Waals surface area contributed by atoms with E-state index < -0.39 is 5.97 Å². The van der Waals surface area contributed by atoms with Crippen molar-refractivity contribution in [3.8, 4) is 0 Å². The fourth-order valence-electron chi connectivity index (χ4n) is 1.78. The lowest BCUT2D eigenvalue weighted by Gasteiger charge is -2.33. The molecule has 1 N–H and O–H groups in total. The summed E-state index contributed by atoms with van der Waals surface area (Å²) >= 11 is 1.33. The van der Waals surface area contributed by atoms with Crippen molar-refractivity contribution in [2.45, 2.75) is 0 Å². The molecule has 6 nitrogen and oxygen atoms in total. The highest BCUT2D eigenvalue weighted by molar-refractivity contribution is 7.11. The Kier molecular flexibility index (Phi) is 3.70. The molecule has 0 bridgehead atoms. The molecule has 1 amide bonds. The summed E-state index contributed by atoms with van der Waals surface area (Å²) in [7, 11) is 0. The summed E-state index contributed by atoms with van der Waals surface area (Å²) in [4.78, 5) is 30.6. The summed E-state index contributed by atoms with van der Waals surface area (Å²) < 4.78 is 0. The first-order valence-corrected chi connectivity index (χ1v) is 6.16. The normalized spacial score (nSPS) is 17.1. The second-order valence-corrected chi connectivity index (χ2v) is 4.71. The number of piperazine rings is 1. The van der Waals surface area contributed by atoms with Gasteiger partial charge in [0.05, 0.1) is 18.3 Å². The lowest BCUT2D eigenvalue weighted by atomic mass is 10.3. The first-order chi connectivity index (χ1) is 8.16. The highest BCUT2D eigenvalue weighted by atomic mass is 32.1. The van der Waals surface area contributed by atoms with Gasteiger partial charge >= 0.3 is 5.97 Å². The number of nitrogens with zero attached hydrogens (tertiary/aromatic N) is 3. The minimum Gasteiger partial charge on any atom is -0.480 e. The molecule has 1 aromatic rings. The smallest absolute Gasteiger partial charge is 0.317 e. The van der Waals surface area contributed by atoms with Gasteiger partial charge in [-0.2, -0.15) is 0 Å². The molecule has 0 unspecified atom stereocenters. The fourth-order valence-corrected chi connectivity index (χ4v) is 2.36. The van der Waals surface area contributed by atoms with Crippen LogP contribution in [0.4, 0.5) is 0 Å². The van der Waals surface area contributed by atoms with Gasteiger partial charge in [-0.1, -0.05) is 0 Å². The zero-order chi connectivity index (χ0) is 12.3. The van der Waals surface area contributed by atoms with E-state index in [2.05, 4.69) is 4.98 Å². The van der Waals surface area contributed by atoms with Gasteiger partial charge in [0.25, 0.3) is 5.91 Å². The molecule has 0 spiro atoms. The van der Waals surface area contributed by atoms with Crippen LogP contribution in [0.1, 0.15) is 9.67 Å². The molecule has 0 radical (unpaired) electrons. The van der Waals surface area contributed by atoms with Crippen LogP contribution in [0, 0.1) is 0 Å². The molecule has 0 aliphatic carbocycles. The number of rotatable bonds is 3. The van der Waals surface area contributed by atoms with Crippen LogP contribution < -0.4 is 0 Å². The Hall–Kier alpha value is -1.47. The van der Waals surface area contributed by atoms with E-state index in [0.717, 1.165) is 0 Å². The van der Waals surface area contributed by atoms with Gasteiger partial charge in [-0.3, -0.25) is 19.5 Å². The zero-order valence-corrected chi connectivity index (χ0v) is 10.0. The lowest BCUT2D eigenvalue weighted by Crippen LogP contribution is -2.49. The van der Waals surface area contributed by atoms with Crippen molar-refractivity contribution in [3.05, 3.63) is 16.6 Å². The summed E-state index contributed by atoms with van der Waals surface area (Å²) in [6.45, 7) is 2.41. The van der Waals surface area contributed by atoms with Gasteiger partial charge in [-0.15, -0.1) is 11.3 Å². The molecule has 1 aliphatic rings. The van der Waals surface area contributed by atoms with E-state index in [9.17, 15) is 9.59 Å². The summed E-state index contributed by atoms with van der Waals surface area (Å²) in [5.74, 6) is -0.838. The predicted molar refractivity (Wildman–Crippen MR) is 62.1 cm³/mol. The Morgan fingerprint density at radius 1 is 1.35 bits per heavy atom. The number of aromatic nitrogens is 1. The van der Waals surface area contributed by atoms with Crippen molar-refractivity contribution in [3.63, 3.8) is 0 Å². The first kappa shape index (κ1) is 12.0. The number of amides is 1. The standard InChI is InChI=1S/C10H13N3O3S/c14-9(15)6-12-1-3-13(4-2-12)10(16)8-5-11-7-17-8/h5,7H,1-4,6H2,(H,14,15). The molecule has 92 valence electrons. The van der Waals surface area contributed by atoms with Gasteiger partial charge in [0.2, 0.25) is 0 Å². The molecule has 7 heteroatoms. The summed E-state index contributed by atoms with van der Waals surface area (Å²) in [6.07, 6.45) is 1.57. The Labute approximate surface area is 102 Å². The topological polar surface area (TPSA) is 73.7 Å². The first-order valence-electron chi connectivity index (χ1n) is 5.29. The van der Waals surface area contributed by atoms with Crippen LogP contribution >= 0.6 is 11.3 Å².